The molecular weight excluding hydrogens is 356 g/mol. The van der Waals surface area contributed by atoms with Crippen LogP contribution in [0.25, 0.3) is 5.76 Å². The summed E-state index contributed by atoms with van der Waals surface area (Å²) < 4.78 is 0. The molecule has 2 aromatic carbocycles. The average Bonchev–Trinajstić information content (AvgIpc) is 2.99. The fourth-order valence-corrected chi connectivity index (χ4v) is 3.42. The van der Waals surface area contributed by atoms with E-state index < -0.39 is 17.7 Å². The van der Waals surface area contributed by atoms with Crippen molar-refractivity contribution >= 4 is 17.4 Å². The lowest BCUT2D eigenvalue weighted by molar-refractivity contribution is -0.139. The lowest BCUT2D eigenvalue weighted by Crippen LogP contribution is -2.32. The molecule has 146 valence electrons. The first-order valence-corrected chi connectivity index (χ1v) is 9.35. The van der Waals surface area contributed by atoms with Crippen LogP contribution in [0, 0.1) is 0 Å². The largest absolute Gasteiger partial charge is 0.507 e. The molecule has 1 unspecified atom stereocenters. The molecule has 0 radical (unpaired) electrons. The molecule has 3 rings (SSSR count). The average molecular weight is 380 g/mol. The molecule has 1 heterocycles. The number of aliphatic hydroxyl groups is 2. The molecule has 6 nitrogen and oxygen atoms in total. The number of Topliss-reactive ketones (excluding diaryl/α,β-unsaturated/α-hetero) is 1. The van der Waals surface area contributed by atoms with Crippen LogP contribution in [0.1, 0.15) is 23.6 Å². The summed E-state index contributed by atoms with van der Waals surface area (Å²) in [5, 5.41) is 22.7. The van der Waals surface area contributed by atoms with E-state index in [2.05, 4.69) is 5.32 Å². The molecule has 0 bridgehead atoms. The number of amides is 1. The van der Waals surface area contributed by atoms with Gasteiger partial charge in [-0.25, -0.2) is 0 Å². The second kappa shape index (κ2) is 9.30. The molecule has 1 amide bonds. The Bertz CT molecular complexity index is 849. The summed E-state index contributed by atoms with van der Waals surface area (Å²) in [7, 11) is 0. The van der Waals surface area contributed by atoms with Crippen LogP contribution >= 0.6 is 0 Å². The SMILES string of the molecule is O=C1C(=O)N(CCCNCCO)C(c2ccccc2)/C1=C(/O)c1ccccc1. The van der Waals surface area contributed by atoms with Crippen LogP contribution in [0.3, 0.4) is 0 Å². The first-order valence-electron chi connectivity index (χ1n) is 9.35. The number of hydrogen-bond donors (Lipinski definition) is 3. The zero-order chi connectivity index (χ0) is 19.9. The maximum Gasteiger partial charge on any atom is 0.295 e. The second-order valence-electron chi connectivity index (χ2n) is 6.60. The minimum atomic E-state index is -0.668. The molecule has 1 fully saturated rings. The van der Waals surface area contributed by atoms with Crippen LogP contribution in [0.2, 0.25) is 0 Å². The summed E-state index contributed by atoms with van der Waals surface area (Å²) in [6.07, 6.45) is 0.627. The van der Waals surface area contributed by atoms with Crippen LogP contribution in [0.4, 0.5) is 0 Å². The molecule has 1 aliphatic heterocycles. The molecule has 0 spiro atoms. The van der Waals surface area contributed by atoms with E-state index >= 15 is 0 Å². The molecule has 6 heteroatoms. The highest BCUT2D eigenvalue weighted by Crippen LogP contribution is 2.39. The Morgan fingerprint density at radius 2 is 1.61 bits per heavy atom. The molecule has 1 aliphatic rings. The number of carbonyl (C=O) groups excluding carboxylic acids is 2. The van der Waals surface area contributed by atoms with Crippen LogP contribution in [-0.2, 0) is 9.59 Å². The molecule has 2 aromatic rings. The number of aliphatic hydroxyl groups excluding tert-OH is 2. The van der Waals surface area contributed by atoms with E-state index in [0.29, 0.717) is 31.6 Å². The van der Waals surface area contributed by atoms with Crippen LogP contribution in [0.5, 0.6) is 0 Å². The quantitative estimate of drug-likeness (QED) is 0.282. The van der Waals surface area contributed by atoms with Gasteiger partial charge in [-0.3, -0.25) is 9.59 Å². The maximum atomic E-state index is 12.8. The summed E-state index contributed by atoms with van der Waals surface area (Å²) >= 11 is 0. The number of carbonyl (C=O) groups is 2. The molecular formula is C22H24N2O4. The lowest BCUT2D eigenvalue weighted by Gasteiger charge is -2.25. The Hall–Kier alpha value is -2.96. The third-order valence-corrected chi connectivity index (χ3v) is 4.74. The third-order valence-electron chi connectivity index (χ3n) is 4.74. The fraction of sp³-hybridized carbons (Fsp3) is 0.273. The summed E-state index contributed by atoms with van der Waals surface area (Å²) in [6, 6.07) is 17.4. The summed E-state index contributed by atoms with van der Waals surface area (Å²) in [4.78, 5) is 27.0. The highest BCUT2D eigenvalue weighted by Gasteiger charge is 2.45. The van der Waals surface area contributed by atoms with Crippen molar-refractivity contribution in [2.24, 2.45) is 0 Å². The summed E-state index contributed by atoms with van der Waals surface area (Å²) in [5.41, 5.74) is 1.40. The molecule has 1 saturated heterocycles. The van der Waals surface area contributed by atoms with Crippen molar-refractivity contribution in [2.45, 2.75) is 12.5 Å². The number of likely N-dealkylation sites (tertiary alicyclic amines) is 1. The molecule has 3 N–H and O–H groups in total. The Balaban J connectivity index is 1.96. The minimum Gasteiger partial charge on any atom is -0.507 e. The predicted molar refractivity (Wildman–Crippen MR) is 106 cm³/mol. The predicted octanol–water partition coefficient (Wildman–Crippen LogP) is 2.08. The van der Waals surface area contributed by atoms with E-state index in [0.717, 1.165) is 5.56 Å². The van der Waals surface area contributed by atoms with Crippen molar-refractivity contribution in [3.63, 3.8) is 0 Å². The van der Waals surface area contributed by atoms with Gasteiger partial charge in [-0.05, 0) is 18.5 Å². The molecule has 28 heavy (non-hydrogen) atoms. The van der Waals surface area contributed by atoms with E-state index in [1.165, 1.54) is 4.90 Å². The van der Waals surface area contributed by atoms with Gasteiger partial charge in [-0.15, -0.1) is 0 Å². The van der Waals surface area contributed by atoms with Crippen LogP contribution in [0.15, 0.2) is 66.2 Å². The number of rotatable bonds is 8. The Kier molecular flexibility index (Phi) is 6.57. The lowest BCUT2D eigenvalue weighted by atomic mass is 9.95. The second-order valence-corrected chi connectivity index (χ2v) is 6.60. The molecule has 0 aromatic heterocycles. The first-order chi connectivity index (χ1) is 13.6. The van der Waals surface area contributed by atoms with Gasteiger partial charge in [0.1, 0.15) is 5.76 Å². The van der Waals surface area contributed by atoms with Gasteiger partial charge in [0.05, 0.1) is 18.2 Å². The van der Waals surface area contributed by atoms with Crippen molar-refractivity contribution in [1.82, 2.24) is 10.2 Å². The first kappa shape index (κ1) is 19.8. The van der Waals surface area contributed by atoms with E-state index in [1.807, 2.05) is 36.4 Å². The number of nitrogens with one attached hydrogen (secondary N) is 1. The number of hydrogen-bond acceptors (Lipinski definition) is 5. The van der Waals surface area contributed by atoms with Gasteiger partial charge in [0.25, 0.3) is 11.7 Å². The molecule has 1 atom stereocenters. The smallest absolute Gasteiger partial charge is 0.295 e. The highest BCUT2D eigenvalue weighted by molar-refractivity contribution is 6.46. The van der Waals surface area contributed by atoms with Gasteiger partial charge >= 0.3 is 0 Å². The standard InChI is InChI=1S/C22H24N2O4/c25-15-13-23-12-7-14-24-19(16-8-3-1-4-9-16)18(21(27)22(24)28)20(26)17-10-5-2-6-11-17/h1-6,8-11,19,23,25-26H,7,12-15H2/b20-18-. The Morgan fingerprint density at radius 3 is 2.25 bits per heavy atom. The van der Waals surface area contributed by atoms with Gasteiger partial charge in [-0.2, -0.15) is 0 Å². The summed E-state index contributed by atoms with van der Waals surface area (Å²) in [6.45, 7) is 1.51. The number of benzene rings is 2. The fourth-order valence-electron chi connectivity index (χ4n) is 3.42. The minimum absolute atomic E-state index is 0.0472. The number of ketones is 1. The highest BCUT2D eigenvalue weighted by atomic mass is 16.3. The van der Waals surface area contributed by atoms with Crippen molar-refractivity contribution < 1.29 is 19.8 Å². The van der Waals surface area contributed by atoms with Gasteiger partial charge in [-0.1, -0.05) is 60.7 Å². The Morgan fingerprint density at radius 1 is 0.964 bits per heavy atom. The van der Waals surface area contributed by atoms with Gasteiger partial charge < -0.3 is 20.4 Å². The van der Waals surface area contributed by atoms with E-state index in [4.69, 9.17) is 5.11 Å². The van der Waals surface area contributed by atoms with Crippen molar-refractivity contribution in [2.75, 3.05) is 26.2 Å². The van der Waals surface area contributed by atoms with Crippen molar-refractivity contribution in [3.05, 3.63) is 77.4 Å². The zero-order valence-corrected chi connectivity index (χ0v) is 15.5. The normalized spacial score (nSPS) is 18.6. The van der Waals surface area contributed by atoms with Gasteiger partial charge in [0.15, 0.2) is 0 Å². The summed E-state index contributed by atoms with van der Waals surface area (Å²) in [5.74, 6) is -1.43. The topological polar surface area (TPSA) is 89.9 Å². The zero-order valence-electron chi connectivity index (χ0n) is 15.5. The van der Waals surface area contributed by atoms with Gasteiger partial charge in [0.2, 0.25) is 0 Å². The number of nitrogens with zero attached hydrogens (tertiary/aromatic N) is 1. The van der Waals surface area contributed by atoms with Gasteiger partial charge in [0, 0.05) is 18.7 Å². The van der Waals surface area contributed by atoms with E-state index in [-0.39, 0.29) is 17.9 Å². The van der Waals surface area contributed by atoms with E-state index in [1.54, 1.807) is 24.3 Å². The van der Waals surface area contributed by atoms with Crippen molar-refractivity contribution in [1.29, 1.82) is 0 Å². The van der Waals surface area contributed by atoms with E-state index in [9.17, 15) is 14.7 Å². The third kappa shape index (κ3) is 4.13. The maximum absolute atomic E-state index is 12.8. The Labute approximate surface area is 164 Å². The van der Waals surface area contributed by atoms with Crippen LogP contribution in [-0.4, -0.2) is 53.0 Å². The van der Waals surface area contributed by atoms with Crippen LogP contribution < -0.4 is 5.32 Å². The molecule has 0 saturated carbocycles. The monoisotopic (exact) mass is 380 g/mol. The van der Waals surface area contributed by atoms with Crippen molar-refractivity contribution in [3.8, 4) is 0 Å². The molecule has 0 aliphatic carbocycles.